The molecule has 20 heavy (non-hydrogen) atoms. The fourth-order valence-electron chi connectivity index (χ4n) is 2.34. The van der Waals surface area contributed by atoms with E-state index in [2.05, 4.69) is 26.9 Å². The summed E-state index contributed by atoms with van der Waals surface area (Å²) in [5.41, 5.74) is 1.55. The van der Waals surface area contributed by atoms with Crippen LogP contribution in [0, 0.1) is 11.3 Å². The number of halogens is 1. The van der Waals surface area contributed by atoms with Crippen LogP contribution in [-0.4, -0.2) is 36.9 Å². The second-order valence-electron chi connectivity index (χ2n) is 4.64. The number of nitrogens with zero attached hydrogens (tertiary/aromatic N) is 2. The van der Waals surface area contributed by atoms with Gasteiger partial charge in [-0.1, -0.05) is 6.07 Å². The van der Waals surface area contributed by atoms with Gasteiger partial charge in [0.05, 0.1) is 17.4 Å². The number of carbonyl (C=O) groups is 1. The Labute approximate surface area is 125 Å². The summed E-state index contributed by atoms with van der Waals surface area (Å²) in [6.45, 7) is 1.27. The van der Waals surface area contributed by atoms with Crippen LogP contribution in [-0.2, 0) is 9.53 Å². The minimum absolute atomic E-state index is 0.0139. The number of benzene rings is 1. The molecule has 1 aliphatic rings. The van der Waals surface area contributed by atoms with Crippen molar-refractivity contribution in [1.82, 2.24) is 0 Å². The van der Waals surface area contributed by atoms with Gasteiger partial charge in [0.2, 0.25) is 0 Å². The summed E-state index contributed by atoms with van der Waals surface area (Å²) in [6, 6.07) is 7.91. The van der Waals surface area contributed by atoms with E-state index in [-0.39, 0.29) is 12.7 Å². The van der Waals surface area contributed by atoms with Gasteiger partial charge in [0.1, 0.15) is 12.7 Å². The van der Waals surface area contributed by atoms with Gasteiger partial charge in [-0.15, -0.1) is 0 Å². The van der Waals surface area contributed by atoms with Crippen molar-refractivity contribution in [2.24, 2.45) is 0 Å². The highest BCUT2D eigenvalue weighted by molar-refractivity contribution is 9.10. The average molecular weight is 339 g/mol. The standard InChI is InChI=1S/C14H15BrN2O3/c15-12-2-1-3-13(11(12)8-16)17-6-4-10(5-7-17)20-9-14(18)19/h1-3,10H,4-7,9H2,(H,18,19). The van der Waals surface area contributed by atoms with Crippen LogP contribution in [0.2, 0.25) is 0 Å². The van der Waals surface area contributed by atoms with E-state index < -0.39 is 5.97 Å². The molecule has 2 rings (SSSR count). The lowest BCUT2D eigenvalue weighted by atomic mass is 10.1. The first kappa shape index (κ1) is 14.8. The quantitative estimate of drug-likeness (QED) is 0.912. The van der Waals surface area contributed by atoms with E-state index >= 15 is 0 Å². The molecule has 1 aromatic rings. The number of carboxylic acid groups (broad SMARTS) is 1. The number of nitriles is 1. The van der Waals surface area contributed by atoms with Crippen LogP contribution in [0.25, 0.3) is 0 Å². The molecule has 1 heterocycles. The number of rotatable bonds is 4. The van der Waals surface area contributed by atoms with Gasteiger partial charge >= 0.3 is 5.97 Å². The predicted octanol–water partition coefficient (Wildman–Crippen LogP) is 2.39. The lowest BCUT2D eigenvalue weighted by Gasteiger charge is -2.33. The molecule has 0 bridgehead atoms. The Morgan fingerprint density at radius 2 is 2.20 bits per heavy atom. The van der Waals surface area contributed by atoms with E-state index in [0.29, 0.717) is 5.56 Å². The molecule has 1 aromatic carbocycles. The molecule has 0 saturated carbocycles. The summed E-state index contributed by atoms with van der Waals surface area (Å²) in [7, 11) is 0. The number of ether oxygens (including phenoxy) is 1. The molecular formula is C14H15BrN2O3. The Balaban J connectivity index is 1.99. The van der Waals surface area contributed by atoms with Crippen molar-refractivity contribution in [2.75, 3.05) is 24.6 Å². The molecule has 0 amide bonds. The monoisotopic (exact) mass is 338 g/mol. The van der Waals surface area contributed by atoms with Gasteiger partial charge in [-0.3, -0.25) is 0 Å². The Morgan fingerprint density at radius 1 is 1.50 bits per heavy atom. The maximum Gasteiger partial charge on any atom is 0.329 e. The first-order valence-electron chi connectivity index (χ1n) is 6.38. The van der Waals surface area contributed by atoms with Crippen LogP contribution >= 0.6 is 15.9 Å². The zero-order valence-electron chi connectivity index (χ0n) is 10.9. The first-order chi connectivity index (χ1) is 9.61. The molecule has 0 spiro atoms. The topological polar surface area (TPSA) is 73.6 Å². The Morgan fingerprint density at radius 3 is 2.80 bits per heavy atom. The van der Waals surface area contributed by atoms with E-state index in [1.165, 1.54) is 0 Å². The van der Waals surface area contributed by atoms with Crippen molar-refractivity contribution >= 4 is 27.6 Å². The number of hydrogen-bond donors (Lipinski definition) is 1. The minimum atomic E-state index is -0.939. The van der Waals surface area contributed by atoms with Crippen molar-refractivity contribution in [2.45, 2.75) is 18.9 Å². The summed E-state index contributed by atoms with van der Waals surface area (Å²) in [5.74, 6) is -0.939. The lowest BCUT2D eigenvalue weighted by molar-refractivity contribution is -0.144. The maximum atomic E-state index is 10.5. The van der Waals surface area contributed by atoms with Crippen LogP contribution in [0.5, 0.6) is 0 Å². The molecule has 106 valence electrons. The maximum absolute atomic E-state index is 10.5. The van der Waals surface area contributed by atoms with E-state index in [9.17, 15) is 10.1 Å². The van der Waals surface area contributed by atoms with Crippen molar-refractivity contribution in [1.29, 1.82) is 5.26 Å². The van der Waals surface area contributed by atoms with Crippen LogP contribution in [0.4, 0.5) is 5.69 Å². The SMILES string of the molecule is N#Cc1c(Br)cccc1N1CCC(OCC(=O)O)CC1. The first-order valence-corrected chi connectivity index (χ1v) is 7.18. The predicted molar refractivity (Wildman–Crippen MR) is 77.7 cm³/mol. The molecule has 0 unspecified atom stereocenters. The number of hydrogen-bond acceptors (Lipinski definition) is 4. The van der Waals surface area contributed by atoms with Gasteiger partial charge in [0.15, 0.2) is 0 Å². The lowest BCUT2D eigenvalue weighted by Crippen LogP contribution is -2.38. The number of piperidine rings is 1. The van der Waals surface area contributed by atoms with E-state index in [0.717, 1.165) is 36.1 Å². The molecular weight excluding hydrogens is 324 g/mol. The second kappa shape index (κ2) is 6.73. The van der Waals surface area contributed by atoms with Crippen molar-refractivity contribution in [3.8, 4) is 6.07 Å². The summed E-state index contributed by atoms with van der Waals surface area (Å²) < 4.78 is 6.10. The van der Waals surface area contributed by atoms with Crippen molar-refractivity contribution in [3.05, 3.63) is 28.2 Å². The Bertz CT molecular complexity index is 534. The van der Waals surface area contributed by atoms with E-state index in [1.54, 1.807) is 0 Å². The van der Waals surface area contributed by atoms with Crippen molar-refractivity contribution < 1.29 is 14.6 Å². The zero-order chi connectivity index (χ0) is 14.5. The largest absolute Gasteiger partial charge is 0.480 e. The van der Waals surface area contributed by atoms with E-state index in [4.69, 9.17) is 9.84 Å². The highest BCUT2D eigenvalue weighted by Gasteiger charge is 2.22. The third kappa shape index (κ3) is 3.50. The van der Waals surface area contributed by atoms with Crippen LogP contribution in [0.3, 0.4) is 0 Å². The molecule has 1 aliphatic heterocycles. The van der Waals surface area contributed by atoms with Crippen LogP contribution in [0.1, 0.15) is 18.4 Å². The second-order valence-corrected chi connectivity index (χ2v) is 5.49. The smallest absolute Gasteiger partial charge is 0.329 e. The molecule has 6 heteroatoms. The molecule has 1 saturated heterocycles. The summed E-state index contributed by atoms with van der Waals surface area (Å²) in [4.78, 5) is 12.6. The molecule has 0 aliphatic carbocycles. The number of carboxylic acids is 1. The van der Waals surface area contributed by atoms with Crippen molar-refractivity contribution in [3.63, 3.8) is 0 Å². The van der Waals surface area contributed by atoms with Gasteiger partial charge in [-0.25, -0.2) is 4.79 Å². The van der Waals surface area contributed by atoms with Crippen LogP contribution < -0.4 is 4.90 Å². The fraction of sp³-hybridized carbons (Fsp3) is 0.429. The summed E-state index contributed by atoms with van der Waals surface area (Å²) >= 11 is 3.39. The van der Waals surface area contributed by atoms with Gasteiger partial charge < -0.3 is 14.7 Å². The Hall–Kier alpha value is -1.58. The normalized spacial score (nSPS) is 15.9. The fourth-order valence-corrected chi connectivity index (χ4v) is 2.78. The van der Waals surface area contributed by atoms with Gasteiger partial charge in [0, 0.05) is 17.6 Å². The van der Waals surface area contributed by atoms with Gasteiger partial charge in [-0.05, 0) is 40.9 Å². The van der Waals surface area contributed by atoms with Gasteiger partial charge in [0.25, 0.3) is 0 Å². The highest BCUT2D eigenvalue weighted by Crippen LogP contribution is 2.29. The number of anilines is 1. The highest BCUT2D eigenvalue weighted by atomic mass is 79.9. The third-order valence-electron chi connectivity index (χ3n) is 3.33. The molecule has 1 fully saturated rings. The summed E-state index contributed by atoms with van der Waals surface area (Å²) in [6.07, 6.45) is 1.52. The third-order valence-corrected chi connectivity index (χ3v) is 3.99. The molecule has 1 N–H and O–H groups in total. The molecule has 0 aromatic heterocycles. The van der Waals surface area contributed by atoms with E-state index in [1.807, 2.05) is 18.2 Å². The average Bonchev–Trinajstić information content (AvgIpc) is 2.45. The molecule has 0 atom stereocenters. The summed E-state index contributed by atoms with van der Waals surface area (Å²) in [5, 5.41) is 17.8. The van der Waals surface area contributed by atoms with Gasteiger partial charge in [-0.2, -0.15) is 5.26 Å². The number of aliphatic carboxylic acids is 1. The van der Waals surface area contributed by atoms with Crippen LogP contribution in [0.15, 0.2) is 22.7 Å². The Kier molecular flexibility index (Phi) is 4.99. The molecule has 0 radical (unpaired) electrons. The zero-order valence-corrected chi connectivity index (χ0v) is 12.5. The molecule has 5 nitrogen and oxygen atoms in total. The minimum Gasteiger partial charge on any atom is -0.480 e.